The molecule has 10 aromatic rings. The average molecular weight is 1050 g/mol. The van der Waals surface area contributed by atoms with Crippen molar-refractivity contribution in [2.75, 3.05) is 0 Å². The molecule has 0 saturated carbocycles. The molecular weight excluding hydrogens is 1010 g/mol. The minimum Gasteiger partial charge on any atom is -0.508 e. The Kier molecular flexibility index (Phi) is 12.7. The second-order valence-electron chi connectivity index (χ2n) is 17.4. The van der Waals surface area contributed by atoms with Crippen LogP contribution in [-0.4, -0.2) is 63.1 Å². The molecule has 1 aliphatic heterocycles. The third kappa shape index (κ3) is 8.88. The molecule has 75 heavy (non-hydrogen) atoms. The molecule has 19 nitrogen and oxygen atoms in total. The molecule has 0 aliphatic carbocycles. The van der Waals surface area contributed by atoms with Crippen molar-refractivity contribution in [3.05, 3.63) is 170 Å². The van der Waals surface area contributed by atoms with E-state index in [1.54, 1.807) is 34.9 Å². The molecule has 0 bridgehead atoms. The van der Waals surface area contributed by atoms with E-state index in [0.717, 1.165) is 27.8 Å². The number of primary amides is 1. The second kappa shape index (κ2) is 18.7. The predicted molar refractivity (Wildman–Crippen MR) is 267 cm³/mol. The van der Waals surface area contributed by atoms with Crippen LogP contribution < -0.4 is 27.2 Å². The summed E-state index contributed by atoms with van der Waals surface area (Å²) < 4.78 is 64.3. The zero-order chi connectivity index (χ0) is 52.6. The average Bonchev–Trinajstić information content (AvgIpc) is 4.15. The first kappa shape index (κ1) is 50.8. The van der Waals surface area contributed by atoms with Gasteiger partial charge in [0.05, 0.1) is 45.1 Å². The van der Waals surface area contributed by atoms with Crippen molar-refractivity contribution in [2.45, 2.75) is 58.7 Å². The molecule has 1 saturated heterocycles. The highest BCUT2D eigenvalue weighted by atomic mass is 35.5. The monoisotopic (exact) mass is 1050 g/mol. The molecule has 0 radical (unpaired) electrons. The summed E-state index contributed by atoms with van der Waals surface area (Å²) in [7, 11) is 0. The Morgan fingerprint density at radius 3 is 2.08 bits per heavy atom. The number of carbonyl (C=O) groups excluding carboxylic acids is 3. The van der Waals surface area contributed by atoms with Crippen LogP contribution in [0.1, 0.15) is 50.5 Å². The number of imide groups is 1. The number of phenolic OH excluding ortho intramolecular Hbond substituents is 1. The number of carbonyl (C=O) groups is 3. The third-order valence-electron chi connectivity index (χ3n) is 12.7. The lowest BCUT2D eigenvalue weighted by Crippen LogP contribution is -2.38. The maximum atomic E-state index is 13.9. The van der Waals surface area contributed by atoms with Gasteiger partial charge in [-0.3, -0.25) is 24.0 Å². The lowest BCUT2D eigenvalue weighted by Gasteiger charge is -2.21. The van der Waals surface area contributed by atoms with Gasteiger partial charge in [0.25, 0.3) is 11.8 Å². The molecule has 3 amide bonds. The molecule has 23 heteroatoms. The van der Waals surface area contributed by atoms with Crippen LogP contribution in [0.15, 0.2) is 140 Å². The molecule has 0 spiro atoms. The van der Waals surface area contributed by atoms with Gasteiger partial charge < -0.3 is 34.5 Å². The fourth-order valence-corrected chi connectivity index (χ4v) is 9.02. The van der Waals surface area contributed by atoms with Crippen molar-refractivity contribution < 1.29 is 56.3 Å². The van der Waals surface area contributed by atoms with Crippen molar-refractivity contribution in [1.82, 2.24) is 33.9 Å². The first-order chi connectivity index (χ1) is 35.2. The first-order valence-corrected chi connectivity index (χ1v) is 22.7. The topological polar surface area (TPSA) is 254 Å². The highest BCUT2D eigenvalue weighted by molar-refractivity contribution is 6.31. The summed E-state index contributed by atoms with van der Waals surface area (Å²) in [4.78, 5) is 63.6. The van der Waals surface area contributed by atoms with E-state index in [-0.39, 0.29) is 59.1 Å². The smallest absolute Gasteiger partial charge is 0.508 e. The van der Waals surface area contributed by atoms with Gasteiger partial charge in [-0.2, -0.15) is 0 Å². The number of cyclic esters (lactones) is 1. The maximum Gasteiger partial charge on any atom is 0.573 e. The molecule has 5 heterocycles. The van der Waals surface area contributed by atoms with Gasteiger partial charge in [0.1, 0.15) is 11.5 Å². The minimum atomic E-state index is -4.98. The highest BCUT2D eigenvalue weighted by Crippen LogP contribution is 2.35. The van der Waals surface area contributed by atoms with Crippen molar-refractivity contribution >= 4 is 73.5 Å². The van der Waals surface area contributed by atoms with Crippen LogP contribution in [0.5, 0.6) is 11.5 Å². The van der Waals surface area contributed by atoms with Crippen molar-refractivity contribution in [3.63, 3.8) is 0 Å². The van der Waals surface area contributed by atoms with Gasteiger partial charge in [-0.25, -0.2) is 23.5 Å². The van der Waals surface area contributed by atoms with Crippen LogP contribution in [-0.2, 0) is 38.5 Å². The number of aromatic nitrogens is 6. The molecule has 4 aromatic heterocycles. The SMILES string of the molecule is C.CCc1ccc([C@@](C)(O)C(N)=O)cc1Cn1c(=O)n(-c2noc3cc(Cl)ccc23)c2ccccc21.C[C@]1(c2cccc(-n3c(=O)n(-c4noc5cc(O)ccc45)c4cc(OC(F)(F)F)ccc43)c2)OC(=O)NC1=O. The Bertz CT molecular complexity index is 4080. The Morgan fingerprint density at radius 2 is 1.43 bits per heavy atom. The molecule has 0 unspecified atom stereocenters. The number of hydrogen-bond donors (Lipinski definition) is 4. The van der Waals surface area contributed by atoms with Crippen LogP contribution in [0.3, 0.4) is 0 Å². The van der Waals surface area contributed by atoms with Crippen molar-refractivity contribution in [1.29, 1.82) is 0 Å². The van der Waals surface area contributed by atoms with Crippen LogP contribution in [0.2, 0.25) is 5.02 Å². The normalized spacial score (nSPS) is 15.4. The number of nitrogens with zero attached hydrogens (tertiary/aromatic N) is 6. The minimum absolute atomic E-state index is 0. The first-order valence-electron chi connectivity index (χ1n) is 22.3. The van der Waals surface area contributed by atoms with E-state index < -0.39 is 46.9 Å². The van der Waals surface area contributed by atoms with E-state index in [2.05, 4.69) is 20.4 Å². The molecule has 5 N–H and O–H groups in total. The van der Waals surface area contributed by atoms with Gasteiger partial charge in [0, 0.05) is 28.8 Å². The molecular formula is C52H42ClF3N8O11. The zero-order valence-corrected chi connectivity index (χ0v) is 39.6. The summed E-state index contributed by atoms with van der Waals surface area (Å²) >= 11 is 6.08. The summed E-state index contributed by atoms with van der Waals surface area (Å²) in [6.45, 7) is 4.97. The number of aliphatic hydroxyl groups is 1. The van der Waals surface area contributed by atoms with Crippen LogP contribution in [0.4, 0.5) is 18.0 Å². The summed E-state index contributed by atoms with van der Waals surface area (Å²) in [5.74, 6) is -1.93. The number of benzene rings is 6. The number of fused-ring (bicyclic) bond motifs is 4. The number of hydrogen-bond acceptors (Lipinski definition) is 13. The van der Waals surface area contributed by atoms with Crippen LogP contribution in [0.25, 0.3) is 61.3 Å². The quantitative estimate of drug-likeness (QED) is 0.100. The number of ether oxygens (including phenoxy) is 2. The molecule has 2 atom stereocenters. The number of aryl methyl sites for hydroxylation is 1. The van der Waals surface area contributed by atoms with Gasteiger partial charge in [-0.15, -0.1) is 13.2 Å². The second-order valence-corrected chi connectivity index (χ2v) is 17.8. The number of nitrogens with two attached hydrogens (primary N) is 1. The molecule has 6 aromatic carbocycles. The summed E-state index contributed by atoms with van der Waals surface area (Å²) in [6.07, 6.45) is -5.21. The standard InChI is InChI=1S/C26H23ClN4O4.C25H15F3N4O7.CH4/c1-3-15-8-9-17(26(2,34)24(28)32)12-16(15)14-30-20-6-4-5-7-21(20)31(25(30)33)23-19-11-10-18(27)13-22(19)35-29-23;1-24(21(34)29-22(35)38-24)12-3-2-4-13(9-12)31-17-8-6-15(37-25(26,27)28)11-18(17)32(23(31)36)20-16-7-5-14(33)10-19(16)39-30-20;/h4-13,34H,3,14H2,1-2H3,(H2,28,32);2-11,33H,1H3,(H,29,34,35);1H4/t26-;24-;/m11./s1. The van der Waals surface area contributed by atoms with E-state index in [1.165, 1.54) is 71.5 Å². The van der Waals surface area contributed by atoms with Crippen LogP contribution in [0, 0.1) is 0 Å². The maximum absolute atomic E-state index is 13.9. The van der Waals surface area contributed by atoms with E-state index in [4.69, 9.17) is 31.1 Å². The Morgan fingerprint density at radius 1 is 0.773 bits per heavy atom. The number of para-hydroxylation sites is 2. The predicted octanol–water partition coefficient (Wildman–Crippen LogP) is 8.53. The number of halogens is 4. The fourth-order valence-electron chi connectivity index (χ4n) is 8.86. The van der Waals surface area contributed by atoms with Crippen molar-refractivity contribution in [3.8, 4) is 28.8 Å². The molecule has 384 valence electrons. The van der Waals surface area contributed by atoms with Gasteiger partial charge in [0.2, 0.25) is 5.60 Å². The molecule has 1 aliphatic rings. The lowest BCUT2D eigenvalue weighted by atomic mass is 9.91. The Balaban J connectivity index is 0.000000182. The number of alkyl carbamates (subject to hydrolysis) is 1. The van der Waals surface area contributed by atoms with Gasteiger partial charge in [-0.1, -0.05) is 78.7 Å². The third-order valence-corrected chi connectivity index (χ3v) is 12.9. The molecule has 1 fully saturated rings. The number of phenols is 1. The number of aromatic hydroxyl groups is 1. The Labute approximate surface area is 425 Å². The van der Waals surface area contributed by atoms with E-state index in [9.17, 15) is 47.4 Å². The van der Waals surface area contributed by atoms with Gasteiger partial charge in [-0.05, 0) is 97.6 Å². The number of rotatable bonds is 10. The zero-order valence-electron chi connectivity index (χ0n) is 38.8. The summed E-state index contributed by atoms with van der Waals surface area (Å²) in [6, 6.07) is 31.3. The number of alkyl halides is 3. The number of imidazole rings is 2. The lowest BCUT2D eigenvalue weighted by molar-refractivity contribution is -0.274. The highest BCUT2D eigenvalue weighted by Gasteiger charge is 2.46. The summed E-state index contributed by atoms with van der Waals surface area (Å²) in [5.41, 5.74) is 5.62. The van der Waals surface area contributed by atoms with Gasteiger partial charge in [0.15, 0.2) is 28.4 Å². The van der Waals surface area contributed by atoms with Gasteiger partial charge >= 0.3 is 23.8 Å². The Hall–Kier alpha value is -9.15. The van der Waals surface area contributed by atoms with E-state index in [0.29, 0.717) is 50.2 Å². The largest absolute Gasteiger partial charge is 0.573 e. The fraction of sp³-hybridized carbons (Fsp3) is 0.173. The molecule has 11 rings (SSSR count). The van der Waals surface area contributed by atoms with Crippen molar-refractivity contribution in [2.24, 2.45) is 5.73 Å². The van der Waals surface area contributed by atoms with E-state index >= 15 is 0 Å². The van der Waals surface area contributed by atoms with E-state index in [1.807, 2.05) is 37.3 Å². The number of nitrogens with one attached hydrogen (secondary N) is 1. The number of amides is 3. The summed E-state index contributed by atoms with van der Waals surface area (Å²) in [5, 5.41) is 32.0. The van der Waals surface area contributed by atoms with Crippen LogP contribution >= 0.6 is 11.6 Å².